The van der Waals surface area contributed by atoms with Crippen molar-refractivity contribution in [3.63, 3.8) is 0 Å². The average Bonchev–Trinajstić information content (AvgIpc) is 2.79. The normalized spacial score (nSPS) is 16.7. The van der Waals surface area contributed by atoms with E-state index < -0.39 is 24.8 Å². The number of aliphatic hydroxyl groups excluding tert-OH is 3. The van der Waals surface area contributed by atoms with Gasteiger partial charge in [-0.05, 0) is 12.8 Å². The van der Waals surface area contributed by atoms with Gasteiger partial charge in [-0.15, -0.1) is 0 Å². The molecule has 0 aromatic heterocycles. The molecule has 3 unspecified atom stereocenters. The van der Waals surface area contributed by atoms with E-state index in [9.17, 15) is 15.3 Å². The number of hydrogen-bond acceptors (Lipinski definition) is 3. The summed E-state index contributed by atoms with van der Waals surface area (Å²) < 4.78 is 0. The van der Waals surface area contributed by atoms with Crippen LogP contribution in [0.1, 0.15) is 150 Å². The van der Waals surface area contributed by atoms with Crippen LogP contribution < -0.4 is 0 Å². The summed E-state index contributed by atoms with van der Waals surface area (Å²) >= 11 is 0. The molecule has 0 aliphatic carbocycles. The standard InChI is InChI=1S/C27H58O3P/c1-5-9-10-11-12-13-14-15-16-17-18-19-20-21-22-23-24-31(25(28)6-2,26(29)7-3)27(30)8-4/h25-30H,5-24H2,1-4H3/q+1. The molecule has 3 atom stereocenters. The van der Waals surface area contributed by atoms with E-state index in [0.29, 0.717) is 19.3 Å². The second-order valence-corrected chi connectivity index (χ2v) is 13.9. The van der Waals surface area contributed by atoms with Gasteiger partial charge in [0.2, 0.25) is 0 Å². The summed E-state index contributed by atoms with van der Waals surface area (Å²) in [7, 11) is -2.19. The van der Waals surface area contributed by atoms with Gasteiger partial charge < -0.3 is 15.3 Å². The minimum Gasteiger partial charge on any atom is -0.359 e. The molecule has 3 nitrogen and oxygen atoms in total. The molecule has 0 saturated heterocycles. The van der Waals surface area contributed by atoms with Crippen LogP contribution in [0.2, 0.25) is 0 Å². The largest absolute Gasteiger partial charge is 0.359 e. The van der Waals surface area contributed by atoms with Gasteiger partial charge in [0.25, 0.3) is 0 Å². The zero-order chi connectivity index (χ0) is 23.4. The van der Waals surface area contributed by atoms with Crippen LogP contribution in [-0.2, 0) is 0 Å². The van der Waals surface area contributed by atoms with Crippen LogP contribution in [0, 0.1) is 0 Å². The lowest BCUT2D eigenvalue weighted by Crippen LogP contribution is -2.34. The number of aliphatic hydroxyl groups is 3. The molecule has 0 radical (unpaired) electrons. The fraction of sp³-hybridized carbons (Fsp3) is 1.00. The van der Waals surface area contributed by atoms with Crippen LogP contribution in [0.15, 0.2) is 0 Å². The molecule has 0 bridgehead atoms. The minimum absolute atomic E-state index is 0.534. The third-order valence-electron chi connectivity index (χ3n) is 7.16. The van der Waals surface area contributed by atoms with Crippen molar-refractivity contribution < 1.29 is 15.3 Å². The van der Waals surface area contributed by atoms with Gasteiger partial charge >= 0.3 is 0 Å². The maximum Gasteiger partial charge on any atom is 0.169 e. The molecule has 31 heavy (non-hydrogen) atoms. The van der Waals surface area contributed by atoms with Crippen LogP contribution in [0.5, 0.6) is 0 Å². The summed E-state index contributed by atoms with van der Waals surface area (Å²) in [6.45, 7) is 8.19. The second kappa shape index (κ2) is 20.9. The summed E-state index contributed by atoms with van der Waals surface area (Å²) in [5.74, 6) is -1.60. The molecule has 4 heteroatoms. The van der Waals surface area contributed by atoms with Crippen molar-refractivity contribution in [3.8, 4) is 0 Å². The van der Waals surface area contributed by atoms with Crippen LogP contribution >= 0.6 is 7.26 Å². The molecular formula is C27H58O3P+. The SMILES string of the molecule is CCCCCCCCCCCCCCCCCC[P+](C(O)CC)(C(O)CC)C(O)CC. The zero-order valence-corrected chi connectivity index (χ0v) is 22.6. The van der Waals surface area contributed by atoms with Crippen molar-refractivity contribution in [1.82, 2.24) is 0 Å². The van der Waals surface area contributed by atoms with Crippen LogP contribution in [-0.4, -0.2) is 39.0 Å². The Bertz CT molecular complexity index is 351. The highest BCUT2D eigenvalue weighted by molar-refractivity contribution is 7.77. The van der Waals surface area contributed by atoms with Crippen LogP contribution in [0.4, 0.5) is 0 Å². The Labute approximate surface area is 196 Å². The first-order valence-electron chi connectivity index (χ1n) is 13.9. The molecule has 0 aromatic rings. The Hall–Kier alpha value is 0.310. The smallest absolute Gasteiger partial charge is 0.169 e. The summed E-state index contributed by atoms with van der Waals surface area (Å²) in [4.78, 5) is 0. The van der Waals surface area contributed by atoms with E-state index in [4.69, 9.17) is 0 Å². The first-order valence-corrected chi connectivity index (χ1v) is 16.1. The fourth-order valence-corrected chi connectivity index (χ4v) is 9.89. The van der Waals surface area contributed by atoms with Crippen molar-refractivity contribution in [2.24, 2.45) is 0 Å². The van der Waals surface area contributed by atoms with Crippen molar-refractivity contribution in [2.45, 2.75) is 167 Å². The molecule has 0 saturated carbocycles. The third kappa shape index (κ3) is 13.0. The Morgan fingerprint density at radius 2 is 0.677 bits per heavy atom. The Balaban J connectivity index is 3.87. The van der Waals surface area contributed by atoms with E-state index in [-0.39, 0.29) is 0 Å². The first-order chi connectivity index (χ1) is 15.0. The van der Waals surface area contributed by atoms with Gasteiger partial charge in [0.05, 0.1) is 6.16 Å². The van der Waals surface area contributed by atoms with E-state index in [0.717, 1.165) is 19.0 Å². The molecule has 188 valence electrons. The Kier molecular flexibility index (Phi) is 21.1. The molecular weight excluding hydrogens is 403 g/mol. The predicted molar refractivity (Wildman–Crippen MR) is 140 cm³/mol. The fourth-order valence-electron chi connectivity index (χ4n) is 5.00. The minimum atomic E-state index is -2.19. The van der Waals surface area contributed by atoms with Gasteiger partial charge in [-0.1, -0.05) is 118 Å². The zero-order valence-electron chi connectivity index (χ0n) is 21.7. The van der Waals surface area contributed by atoms with Crippen molar-refractivity contribution in [1.29, 1.82) is 0 Å². The predicted octanol–water partition coefficient (Wildman–Crippen LogP) is 8.45. The van der Waals surface area contributed by atoms with E-state index in [1.807, 2.05) is 20.8 Å². The highest BCUT2D eigenvalue weighted by atomic mass is 31.2. The second-order valence-electron chi connectivity index (χ2n) is 9.69. The number of hydrogen-bond donors (Lipinski definition) is 3. The molecule has 0 aliphatic heterocycles. The van der Waals surface area contributed by atoms with Gasteiger partial charge in [-0.25, -0.2) is 0 Å². The third-order valence-corrected chi connectivity index (χ3v) is 12.7. The quantitative estimate of drug-likeness (QED) is 0.106. The van der Waals surface area contributed by atoms with Crippen LogP contribution in [0.3, 0.4) is 0 Å². The van der Waals surface area contributed by atoms with Gasteiger partial charge in [-0.2, -0.15) is 0 Å². The van der Waals surface area contributed by atoms with Crippen molar-refractivity contribution in [2.75, 3.05) is 6.16 Å². The van der Waals surface area contributed by atoms with E-state index in [1.54, 1.807) is 0 Å². The topological polar surface area (TPSA) is 60.7 Å². The molecule has 0 amide bonds. The lowest BCUT2D eigenvalue weighted by Gasteiger charge is -2.38. The molecule has 3 N–H and O–H groups in total. The van der Waals surface area contributed by atoms with E-state index >= 15 is 0 Å². The highest BCUT2D eigenvalue weighted by Gasteiger charge is 2.54. The molecule has 0 aliphatic rings. The first kappa shape index (κ1) is 31.3. The highest BCUT2D eigenvalue weighted by Crippen LogP contribution is 2.71. The molecule has 0 fully saturated rings. The number of rotatable bonds is 23. The summed E-state index contributed by atoms with van der Waals surface area (Å²) in [5, 5.41) is 32.2. The molecule has 0 heterocycles. The maximum absolute atomic E-state index is 10.7. The summed E-state index contributed by atoms with van der Waals surface area (Å²) in [6, 6.07) is 0. The lowest BCUT2D eigenvalue weighted by atomic mass is 10.0. The van der Waals surface area contributed by atoms with Gasteiger partial charge in [0, 0.05) is 19.3 Å². The van der Waals surface area contributed by atoms with Gasteiger partial charge in [0.15, 0.2) is 17.5 Å². The van der Waals surface area contributed by atoms with Gasteiger partial charge in [0.1, 0.15) is 7.26 Å². The molecule has 0 rings (SSSR count). The Morgan fingerprint density at radius 3 is 0.935 bits per heavy atom. The molecule has 0 aromatic carbocycles. The molecule has 0 spiro atoms. The lowest BCUT2D eigenvalue weighted by molar-refractivity contribution is 0.178. The number of unbranched alkanes of at least 4 members (excludes halogenated alkanes) is 15. The summed E-state index contributed by atoms with van der Waals surface area (Å²) in [5.41, 5.74) is 0. The van der Waals surface area contributed by atoms with Crippen LogP contribution in [0.25, 0.3) is 0 Å². The monoisotopic (exact) mass is 461 g/mol. The average molecular weight is 462 g/mol. The van der Waals surface area contributed by atoms with Crippen molar-refractivity contribution in [3.05, 3.63) is 0 Å². The Morgan fingerprint density at radius 1 is 0.419 bits per heavy atom. The summed E-state index contributed by atoms with van der Waals surface area (Å²) in [6.07, 6.45) is 24.2. The van der Waals surface area contributed by atoms with E-state index in [2.05, 4.69) is 6.92 Å². The van der Waals surface area contributed by atoms with Crippen molar-refractivity contribution >= 4 is 7.26 Å². The van der Waals surface area contributed by atoms with Gasteiger partial charge in [-0.3, -0.25) is 0 Å². The van der Waals surface area contributed by atoms with E-state index in [1.165, 1.54) is 89.9 Å². The maximum atomic E-state index is 10.7.